The van der Waals surface area contributed by atoms with Gasteiger partial charge < -0.3 is 9.47 Å². The van der Waals surface area contributed by atoms with E-state index in [4.69, 9.17) is 9.47 Å². The fraction of sp³-hybridized carbons (Fsp3) is 0.611. The van der Waals surface area contributed by atoms with Crippen LogP contribution in [0.5, 0.6) is 5.75 Å². The van der Waals surface area contributed by atoms with Crippen LogP contribution in [0.2, 0.25) is 0 Å². The van der Waals surface area contributed by atoms with E-state index < -0.39 is 26.3 Å². The number of sulfone groups is 1. The summed E-state index contributed by atoms with van der Waals surface area (Å²) in [5.74, 6) is 0.734. The van der Waals surface area contributed by atoms with E-state index in [0.29, 0.717) is 17.5 Å². The lowest BCUT2D eigenvalue weighted by Crippen LogP contribution is -2.29. The van der Waals surface area contributed by atoms with Gasteiger partial charge in [-0.15, -0.1) is 0 Å². The van der Waals surface area contributed by atoms with Gasteiger partial charge in [0.2, 0.25) is 0 Å². The molecule has 0 amide bonds. The molecule has 24 heavy (non-hydrogen) atoms. The first kappa shape index (κ1) is 18.8. The molecule has 0 aliphatic carbocycles. The Hall–Kier alpha value is -1.56. The third kappa shape index (κ3) is 3.16. The molecule has 6 heteroatoms. The summed E-state index contributed by atoms with van der Waals surface area (Å²) >= 11 is 0. The normalized spacial score (nSPS) is 16.5. The number of fused-ring (bicyclic) bond motifs is 1. The minimum atomic E-state index is -4.23. The lowest BCUT2D eigenvalue weighted by molar-refractivity contribution is 0.0718. The molecule has 0 fully saturated rings. The van der Waals surface area contributed by atoms with Gasteiger partial charge in [-0.2, -0.15) is 0 Å². The number of rotatable bonds is 1. The van der Waals surface area contributed by atoms with Crippen molar-refractivity contribution >= 4 is 15.1 Å². The van der Waals surface area contributed by atoms with Crippen molar-refractivity contribution in [1.82, 2.24) is 0 Å². The van der Waals surface area contributed by atoms with Gasteiger partial charge >= 0.3 is 5.30 Å². The van der Waals surface area contributed by atoms with Gasteiger partial charge in [-0.05, 0) is 72.1 Å². The molecule has 1 aromatic rings. The zero-order chi connectivity index (χ0) is 18.7. The highest BCUT2D eigenvalue weighted by Crippen LogP contribution is 2.44. The van der Waals surface area contributed by atoms with Crippen LogP contribution < -0.4 is 4.74 Å². The molecule has 1 aliphatic rings. The fourth-order valence-corrected chi connectivity index (χ4v) is 4.64. The van der Waals surface area contributed by atoms with Gasteiger partial charge in [0.05, 0.1) is 4.90 Å². The Labute approximate surface area is 144 Å². The number of hydrogen-bond donors (Lipinski definition) is 0. The standard InChI is InChI=1S/C18H26O5S/c1-10-11(2)15(24(20,21)16(19)23-17(4,5)6)12(3)13-9-18(7,8)22-14(10)13/h9H2,1-8H3. The van der Waals surface area contributed by atoms with Crippen LogP contribution in [0.4, 0.5) is 4.79 Å². The molecule has 0 unspecified atom stereocenters. The highest BCUT2D eigenvalue weighted by atomic mass is 32.2. The van der Waals surface area contributed by atoms with Crippen molar-refractivity contribution in [3.05, 3.63) is 22.3 Å². The van der Waals surface area contributed by atoms with Crippen LogP contribution >= 0.6 is 0 Å². The Bertz CT molecular complexity index is 811. The quantitative estimate of drug-likeness (QED) is 0.712. The molecular weight excluding hydrogens is 328 g/mol. The first-order valence-electron chi connectivity index (χ1n) is 7.97. The van der Waals surface area contributed by atoms with E-state index in [1.54, 1.807) is 34.6 Å². The van der Waals surface area contributed by atoms with Crippen molar-refractivity contribution in [3.8, 4) is 5.75 Å². The molecule has 5 nitrogen and oxygen atoms in total. The van der Waals surface area contributed by atoms with Crippen molar-refractivity contribution in [2.45, 2.75) is 77.9 Å². The first-order valence-corrected chi connectivity index (χ1v) is 9.45. The second-order valence-corrected chi connectivity index (χ2v) is 9.77. The summed E-state index contributed by atoms with van der Waals surface area (Å²) in [5.41, 5.74) is 1.45. The van der Waals surface area contributed by atoms with Gasteiger partial charge in [0.1, 0.15) is 17.0 Å². The summed E-state index contributed by atoms with van der Waals surface area (Å²) in [6, 6.07) is 0. The molecule has 0 radical (unpaired) electrons. The SMILES string of the molecule is Cc1c(C)c(S(=O)(=O)C(=O)OC(C)(C)C)c(C)c2c1OC(C)(C)C2. The maximum Gasteiger partial charge on any atom is 0.430 e. The molecular formula is C18H26O5S. The summed E-state index contributed by atoms with van der Waals surface area (Å²) in [4.78, 5) is 12.3. The molecule has 1 heterocycles. The van der Waals surface area contributed by atoms with Crippen molar-refractivity contribution in [2.24, 2.45) is 0 Å². The zero-order valence-electron chi connectivity index (χ0n) is 15.7. The topological polar surface area (TPSA) is 69.7 Å². The molecule has 0 spiro atoms. The molecule has 0 saturated carbocycles. The van der Waals surface area contributed by atoms with Gasteiger partial charge in [0.25, 0.3) is 9.84 Å². The maximum atomic E-state index is 12.8. The van der Waals surface area contributed by atoms with E-state index in [2.05, 4.69) is 0 Å². The summed E-state index contributed by atoms with van der Waals surface area (Å²) in [6.45, 7) is 14.1. The van der Waals surface area contributed by atoms with Crippen LogP contribution in [0, 0.1) is 20.8 Å². The van der Waals surface area contributed by atoms with Gasteiger partial charge in [-0.3, -0.25) is 0 Å². The fourth-order valence-electron chi connectivity index (χ4n) is 3.04. The van der Waals surface area contributed by atoms with E-state index in [1.165, 1.54) is 0 Å². The summed E-state index contributed by atoms with van der Waals surface area (Å²) in [5, 5.41) is -1.21. The molecule has 0 bridgehead atoms. The lowest BCUT2D eigenvalue weighted by Gasteiger charge is -2.21. The first-order chi connectivity index (χ1) is 10.7. The molecule has 1 aromatic carbocycles. The van der Waals surface area contributed by atoms with Crippen molar-refractivity contribution in [1.29, 1.82) is 0 Å². The van der Waals surface area contributed by atoms with Crippen LogP contribution in [0.25, 0.3) is 0 Å². The smallest absolute Gasteiger partial charge is 0.430 e. The Balaban J connectivity index is 2.65. The average Bonchev–Trinajstić information content (AvgIpc) is 2.70. The van der Waals surface area contributed by atoms with E-state index in [1.807, 2.05) is 20.8 Å². The van der Waals surface area contributed by atoms with Gasteiger partial charge in [0, 0.05) is 12.0 Å². The number of ether oxygens (including phenoxy) is 2. The number of benzene rings is 1. The van der Waals surface area contributed by atoms with E-state index in [-0.39, 0.29) is 4.90 Å². The van der Waals surface area contributed by atoms with Crippen LogP contribution in [-0.4, -0.2) is 24.9 Å². The van der Waals surface area contributed by atoms with E-state index >= 15 is 0 Å². The molecule has 0 aromatic heterocycles. The summed E-state index contributed by atoms with van der Waals surface area (Å²) in [7, 11) is -4.23. The molecule has 2 rings (SSSR count). The third-order valence-corrected chi connectivity index (χ3v) is 5.84. The highest BCUT2D eigenvalue weighted by Gasteiger charge is 2.39. The third-order valence-electron chi connectivity index (χ3n) is 4.17. The predicted molar refractivity (Wildman–Crippen MR) is 92.5 cm³/mol. The minimum absolute atomic E-state index is 0.0503. The van der Waals surface area contributed by atoms with E-state index in [9.17, 15) is 13.2 Å². The highest BCUT2D eigenvalue weighted by molar-refractivity contribution is 8.05. The predicted octanol–water partition coefficient (Wildman–Crippen LogP) is 4.03. The zero-order valence-corrected chi connectivity index (χ0v) is 16.5. The largest absolute Gasteiger partial charge is 0.487 e. The Morgan fingerprint density at radius 3 is 2.12 bits per heavy atom. The van der Waals surface area contributed by atoms with E-state index in [0.717, 1.165) is 16.9 Å². The van der Waals surface area contributed by atoms with Gasteiger partial charge in [-0.1, -0.05) is 0 Å². The van der Waals surface area contributed by atoms with Crippen LogP contribution in [-0.2, 0) is 21.0 Å². The Morgan fingerprint density at radius 1 is 1.08 bits per heavy atom. The van der Waals surface area contributed by atoms with Gasteiger partial charge in [0.15, 0.2) is 0 Å². The summed E-state index contributed by atoms with van der Waals surface area (Å²) in [6.07, 6.45) is 0.603. The van der Waals surface area contributed by atoms with Crippen molar-refractivity contribution < 1.29 is 22.7 Å². The monoisotopic (exact) mass is 354 g/mol. The Morgan fingerprint density at radius 2 is 1.62 bits per heavy atom. The molecule has 0 N–H and O–H groups in total. The maximum absolute atomic E-state index is 12.8. The van der Waals surface area contributed by atoms with Gasteiger partial charge in [-0.25, -0.2) is 13.2 Å². The number of carbonyl (C=O) groups excluding carboxylic acids is 1. The number of hydrogen-bond acceptors (Lipinski definition) is 5. The van der Waals surface area contributed by atoms with Crippen LogP contribution in [0.3, 0.4) is 0 Å². The van der Waals surface area contributed by atoms with Crippen molar-refractivity contribution in [2.75, 3.05) is 0 Å². The second kappa shape index (κ2) is 5.48. The minimum Gasteiger partial charge on any atom is -0.487 e. The molecule has 134 valence electrons. The Kier molecular flexibility index (Phi) is 4.28. The molecule has 0 saturated heterocycles. The molecule has 0 atom stereocenters. The van der Waals surface area contributed by atoms with Crippen LogP contribution in [0.15, 0.2) is 4.90 Å². The van der Waals surface area contributed by atoms with Crippen molar-refractivity contribution in [3.63, 3.8) is 0 Å². The molecule has 1 aliphatic heterocycles. The average molecular weight is 354 g/mol. The van der Waals surface area contributed by atoms with Crippen LogP contribution in [0.1, 0.15) is 56.9 Å². The second-order valence-electron chi connectivity index (χ2n) is 8.02. The summed E-state index contributed by atoms with van der Waals surface area (Å²) < 4.78 is 36.8. The lowest BCUT2D eigenvalue weighted by atomic mass is 9.94. The number of carbonyl (C=O) groups is 1.